The highest BCUT2D eigenvalue weighted by molar-refractivity contribution is 5.93. The van der Waals surface area contributed by atoms with Crippen molar-refractivity contribution in [2.45, 2.75) is 63.1 Å². The van der Waals surface area contributed by atoms with Crippen molar-refractivity contribution < 1.29 is 4.79 Å². The van der Waals surface area contributed by atoms with Gasteiger partial charge in [0.2, 0.25) is 11.9 Å². The van der Waals surface area contributed by atoms with Gasteiger partial charge in [0.05, 0.1) is 17.4 Å². The SMILES string of the molecule is CC1CN(c2ccc(Nc3ncc4c(n3)N3C(C=C4)C(=O)NCC34CCCC4)nc2)CCN1CC1CC1. The van der Waals surface area contributed by atoms with Gasteiger partial charge in [-0.05, 0) is 50.7 Å². The molecule has 7 rings (SSSR count). The van der Waals surface area contributed by atoms with E-state index in [2.05, 4.69) is 43.3 Å². The Morgan fingerprint density at radius 2 is 2.00 bits per heavy atom. The minimum absolute atomic E-state index is 0.0486. The average molecular weight is 501 g/mol. The molecule has 2 N–H and O–H groups in total. The molecular weight excluding hydrogens is 464 g/mol. The smallest absolute Gasteiger partial charge is 0.246 e. The first-order chi connectivity index (χ1) is 18.1. The van der Waals surface area contributed by atoms with E-state index in [-0.39, 0.29) is 17.5 Å². The van der Waals surface area contributed by atoms with Gasteiger partial charge in [-0.2, -0.15) is 4.98 Å². The summed E-state index contributed by atoms with van der Waals surface area (Å²) in [6, 6.07) is 4.40. The largest absolute Gasteiger partial charge is 0.367 e. The van der Waals surface area contributed by atoms with E-state index in [1.807, 2.05) is 30.6 Å². The molecule has 2 aromatic rings. The van der Waals surface area contributed by atoms with Crippen molar-refractivity contribution in [3.05, 3.63) is 36.2 Å². The van der Waals surface area contributed by atoms with Crippen LogP contribution in [0.1, 0.15) is 51.0 Å². The van der Waals surface area contributed by atoms with Crippen molar-refractivity contribution in [1.82, 2.24) is 25.2 Å². The van der Waals surface area contributed by atoms with Gasteiger partial charge in [-0.1, -0.05) is 25.0 Å². The molecule has 0 bridgehead atoms. The van der Waals surface area contributed by atoms with Gasteiger partial charge in [0, 0.05) is 50.5 Å². The number of hydrogen-bond donors (Lipinski definition) is 2. The fraction of sp³-hybridized carbons (Fsp3) is 0.571. The molecule has 37 heavy (non-hydrogen) atoms. The van der Waals surface area contributed by atoms with Gasteiger partial charge in [-0.3, -0.25) is 9.69 Å². The second kappa shape index (κ2) is 8.97. The Kier molecular flexibility index (Phi) is 5.57. The molecule has 2 aromatic heterocycles. The van der Waals surface area contributed by atoms with Gasteiger partial charge in [0.15, 0.2) is 0 Å². The lowest BCUT2D eigenvalue weighted by Crippen LogP contribution is -2.67. The number of nitrogens with one attached hydrogen (secondary N) is 2. The van der Waals surface area contributed by atoms with Crippen LogP contribution in [0.3, 0.4) is 0 Å². The summed E-state index contributed by atoms with van der Waals surface area (Å²) in [7, 11) is 0. The lowest BCUT2D eigenvalue weighted by Gasteiger charge is -2.50. The summed E-state index contributed by atoms with van der Waals surface area (Å²) < 4.78 is 0. The number of carbonyl (C=O) groups is 1. The Labute approximate surface area is 218 Å². The lowest BCUT2D eigenvalue weighted by molar-refractivity contribution is -0.123. The second-order valence-corrected chi connectivity index (χ2v) is 11.6. The molecule has 5 heterocycles. The number of piperazine rings is 2. The van der Waals surface area contributed by atoms with Crippen molar-refractivity contribution in [3.8, 4) is 0 Å². The normalized spacial score (nSPS) is 26.7. The van der Waals surface area contributed by atoms with Crippen molar-refractivity contribution in [2.75, 3.05) is 47.8 Å². The van der Waals surface area contributed by atoms with E-state index in [9.17, 15) is 4.79 Å². The van der Waals surface area contributed by atoms with E-state index < -0.39 is 0 Å². The monoisotopic (exact) mass is 500 g/mol. The number of aromatic nitrogens is 3. The van der Waals surface area contributed by atoms with Gasteiger partial charge >= 0.3 is 0 Å². The zero-order valence-corrected chi connectivity index (χ0v) is 21.6. The van der Waals surface area contributed by atoms with Crippen LogP contribution in [-0.4, -0.2) is 76.1 Å². The summed E-state index contributed by atoms with van der Waals surface area (Å²) in [5.41, 5.74) is 2.05. The van der Waals surface area contributed by atoms with Crippen LogP contribution >= 0.6 is 0 Å². The van der Waals surface area contributed by atoms with E-state index in [1.54, 1.807) is 0 Å². The summed E-state index contributed by atoms with van der Waals surface area (Å²) in [6.07, 6.45) is 15.1. The molecule has 0 radical (unpaired) electrons. The Morgan fingerprint density at radius 1 is 1.14 bits per heavy atom. The van der Waals surface area contributed by atoms with Gasteiger partial charge in [-0.15, -0.1) is 0 Å². The zero-order chi connectivity index (χ0) is 25.0. The molecule has 1 spiro atoms. The first kappa shape index (κ1) is 23.0. The lowest BCUT2D eigenvalue weighted by atomic mass is 9.87. The van der Waals surface area contributed by atoms with Gasteiger partial charge in [-0.25, -0.2) is 9.97 Å². The maximum atomic E-state index is 12.7. The number of nitrogens with zero attached hydrogens (tertiary/aromatic N) is 6. The molecule has 2 unspecified atom stereocenters. The summed E-state index contributed by atoms with van der Waals surface area (Å²) in [5.74, 6) is 3.06. The van der Waals surface area contributed by atoms with Crippen LogP contribution in [0.2, 0.25) is 0 Å². The summed E-state index contributed by atoms with van der Waals surface area (Å²) in [6.45, 7) is 7.47. The number of rotatable bonds is 5. The molecule has 2 atom stereocenters. The minimum Gasteiger partial charge on any atom is -0.367 e. The number of hydrogen-bond acceptors (Lipinski definition) is 8. The van der Waals surface area contributed by atoms with Crippen LogP contribution in [0.5, 0.6) is 0 Å². The molecule has 194 valence electrons. The standard InChI is InChI=1S/C28H36N8O/c1-19-16-35(13-12-34(19)17-20-4-5-20)22-7-9-24(29-15-22)32-27-30-14-21-6-8-23-26(37)31-18-28(10-2-3-11-28)36(23)25(21)33-27/h6-9,14-15,19-20,23H,2-5,10-13,16-18H2,1H3,(H,31,37)(H,29,30,32,33). The van der Waals surface area contributed by atoms with Crippen molar-refractivity contribution in [1.29, 1.82) is 0 Å². The van der Waals surface area contributed by atoms with Gasteiger partial charge < -0.3 is 20.4 Å². The Bertz CT molecular complexity index is 1200. The van der Waals surface area contributed by atoms with E-state index in [1.165, 1.54) is 32.2 Å². The van der Waals surface area contributed by atoms with Crippen LogP contribution in [0.25, 0.3) is 6.08 Å². The van der Waals surface area contributed by atoms with Crippen molar-refractivity contribution in [3.63, 3.8) is 0 Å². The maximum absolute atomic E-state index is 12.7. The summed E-state index contributed by atoms with van der Waals surface area (Å²) >= 11 is 0. The van der Waals surface area contributed by atoms with Crippen molar-refractivity contribution in [2.24, 2.45) is 5.92 Å². The summed E-state index contributed by atoms with van der Waals surface area (Å²) in [4.78, 5) is 34.2. The molecule has 2 aliphatic carbocycles. The molecular formula is C28H36N8O. The number of carbonyl (C=O) groups excluding carboxylic acids is 1. The molecule has 4 fully saturated rings. The van der Waals surface area contributed by atoms with Crippen LogP contribution in [0, 0.1) is 5.92 Å². The second-order valence-electron chi connectivity index (χ2n) is 11.6. The Morgan fingerprint density at radius 3 is 2.76 bits per heavy atom. The molecule has 5 aliphatic rings. The highest BCUT2D eigenvalue weighted by Crippen LogP contribution is 2.44. The highest BCUT2D eigenvalue weighted by atomic mass is 16.2. The number of anilines is 4. The Balaban J connectivity index is 1.07. The fourth-order valence-electron chi connectivity index (χ4n) is 6.68. The third kappa shape index (κ3) is 4.23. The van der Waals surface area contributed by atoms with Crippen LogP contribution in [0.4, 0.5) is 23.3 Å². The predicted octanol–water partition coefficient (Wildman–Crippen LogP) is 3.18. The third-order valence-corrected chi connectivity index (χ3v) is 8.97. The summed E-state index contributed by atoms with van der Waals surface area (Å²) in [5, 5.41) is 6.44. The fourth-order valence-corrected chi connectivity index (χ4v) is 6.68. The number of pyridine rings is 1. The minimum atomic E-state index is -0.313. The average Bonchev–Trinajstić information content (AvgIpc) is 3.62. The van der Waals surface area contributed by atoms with E-state index in [4.69, 9.17) is 9.97 Å². The quantitative estimate of drug-likeness (QED) is 0.647. The maximum Gasteiger partial charge on any atom is 0.246 e. The zero-order valence-electron chi connectivity index (χ0n) is 21.6. The van der Waals surface area contributed by atoms with E-state index >= 15 is 0 Å². The molecule has 9 heteroatoms. The Hall–Kier alpha value is -3.20. The third-order valence-electron chi connectivity index (χ3n) is 8.97. The van der Waals surface area contributed by atoms with Gasteiger partial charge in [0.25, 0.3) is 0 Å². The first-order valence-corrected chi connectivity index (χ1v) is 13.9. The molecule has 1 amide bonds. The van der Waals surface area contributed by atoms with Gasteiger partial charge in [0.1, 0.15) is 17.7 Å². The molecule has 3 aliphatic heterocycles. The topological polar surface area (TPSA) is 89.5 Å². The van der Waals surface area contributed by atoms with Crippen LogP contribution in [-0.2, 0) is 4.79 Å². The van der Waals surface area contributed by atoms with Crippen molar-refractivity contribution >= 4 is 35.3 Å². The number of fused-ring (bicyclic) bond motifs is 4. The van der Waals surface area contributed by atoms with E-state index in [0.29, 0.717) is 18.5 Å². The molecule has 0 aromatic carbocycles. The van der Waals surface area contributed by atoms with Crippen LogP contribution < -0.4 is 20.4 Å². The van der Waals surface area contributed by atoms with E-state index in [0.717, 1.165) is 61.3 Å². The molecule has 2 saturated heterocycles. The number of amides is 1. The molecule has 9 nitrogen and oxygen atoms in total. The first-order valence-electron chi connectivity index (χ1n) is 13.9. The van der Waals surface area contributed by atoms with Crippen LogP contribution in [0.15, 0.2) is 30.6 Å². The highest BCUT2D eigenvalue weighted by Gasteiger charge is 2.50. The predicted molar refractivity (Wildman–Crippen MR) is 145 cm³/mol. The molecule has 2 saturated carbocycles.